The topological polar surface area (TPSA) is 88.8 Å². The molecule has 36 heavy (non-hydrogen) atoms. The van der Waals surface area contributed by atoms with Gasteiger partial charge in [-0.15, -0.1) is 0 Å². The number of rotatable bonds is 8. The minimum absolute atomic E-state index is 0.0776. The Morgan fingerprint density at radius 3 is 2.67 bits per heavy atom. The van der Waals surface area contributed by atoms with Gasteiger partial charge in [-0.3, -0.25) is 9.08 Å². The smallest absolute Gasteiger partial charge is 0.265 e. The number of nitrogens with two attached hydrogens (primary N) is 1. The van der Waals surface area contributed by atoms with Crippen LogP contribution in [0, 0.1) is 5.92 Å². The molecule has 0 amide bonds. The van der Waals surface area contributed by atoms with E-state index < -0.39 is 16.3 Å². The van der Waals surface area contributed by atoms with E-state index in [0.717, 1.165) is 57.6 Å². The molecule has 1 fully saturated rings. The van der Waals surface area contributed by atoms with Crippen LogP contribution >= 0.6 is 11.5 Å². The van der Waals surface area contributed by atoms with E-state index in [1.165, 1.54) is 26.8 Å². The summed E-state index contributed by atoms with van der Waals surface area (Å²) in [6.45, 7) is 9.61. The van der Waals surface area contributed by atoms with Crippen LogP contribution in [0.3, 0.4) is 0 Å². The third kappa shape index (κ3) is 5.45. The van der Waals surface area contributed by atoms with Crippen molar-refractivity contribution in [1.29, 1.82) is 0 Å². The highest BCUT2D eigenvalue weighted by atomic mass is 32.2. The molecular weight excluding hydrogens is 492 g/mol. The van der Waals surface area contributed by atoms with Crippen molar-refractivity contribution < 1.29 is 12.6 Å². The normalized spacial score (nSPS) is 21.1. The summed E-state index contributed by atoms with van der Waals surface area (Å²) < 4.78 is 33.9. The number of hydrogen-bond donors (Lipinski definition) is 1. The Kier molecular flexibility index (Phi) is 7.13. The molecule has 0 spiro atoms. The standard InChI is InChI=1S/C27H36N4O3S2/c1-27(2)21(18-25(28)34-36(3,32)33)17-20-9-8-19(16-23(20)27)10-11-30-12-14-31(15-13-30)26-22-6-4-5-7-24(22)35-29-26/h4-9,16,21,25H,10-15,17-18,28H2,1-3H3. The van der Waals surface area contributed by atoms with Crippen molar-refractivity contribution in [1.82, 2.24) is 9.27 Å². The summed E-state index contributed by atoms with van der Waals surface area (Å²) in [6.07, 6.45) is 2.68. The minimum Gasteiger partial charge on any atom is -0.353 e. The van der Waals surface area contributed by atoms with E-state index in [2.05, 4.69) is 66.1 Å². The van der Waals surface area contributed by atoms with Crippen LogP contribution < -0.4 is 10.6 Å². The molecule has 2 atom stereocenters. The summed E-state index contributed by atoms with van der Waals surface area (Å²) >= 11 is 1.58. The molecule has 9 heteroatoms. The lowest BCUT2D eigenvalue weighted by Crippen LogP contribution is -2.47. The van der Waals surface area contributed by atoms with Gasteiger partial charge in [-0.2, -0.15) is 12.8 Å². The monoisotopic (exact) mass is 528 g/mol. The molecule has 1 aromatic heterocycles. The van der Waals surface area contributed by atoms with Gasteiger partial charge in [0, 0.05) is 38.1 Å². The second-order valence-corrected chi connectivity index (χ2v) is 13.2. The summed E-state index contributed by atoms with van der Waals surface area (Å²) in [6, 6.07) is 15.3. The highest BCUT2D eigenvalue weighted by Gasteiger charge is 2.40. The SMILES string of the molecule is CC1(C)c2cc(CCN3CCN(c4nsc5ccccc45)CC3)ccc2CC1CC(N)OS(C)(=O)=O. The number of piperazine rings is 1. The van der Waals surface area contributed by atoms with Crippen molar-refractivity contribution in [2.75, 3.05) is 43.9 Å². The van der Waals surface area contributed by atoms with Crippen LogP contribution in [0.2, 0.25) is 0 Å². The quantitative estimate of drug-likeness (QED) is 0.352. The van der Waals surface area contributed by atoms with Crippen LogP contribution in [-0.4, -0.2) is 62.9 Å². The molecule has 0 radical (unpaired) electrons. The predicted molar refractivity (Wildman–Crippen MR) is 147 cm³/mol. The van der Waals surface area contributed by atoms with Crippen LogP contribution in [0.1, 0.15) is 37.0 Å². The van der Waals surface area contributed by atoms with Crippen LogP contribution in [0.5, 0.6) is 0 Å². The number of fused-ring (bicyclic) bond motifs is 2. The molecule has 0 bridgehead atoms. The molecule has 2 unspecified atom stereocenters. The molecule has 7 nitrogen and oxygen atoms in total. The Morgan fingerprint density at radius 1 is 1.17 bits per heavy atom. The number of benzene rings is 2. The van der Waals surface area contributed by atoms with Gasteiger partial charge in [0.05, 0.1) is 11.0 Å². The van der Waals surface area contributed by atoms with Crippen molar-refractivity contribution >= 4 is 37.6 Å². The Hall–Kier alpha value is -2.04. The molecular formula is C27H36N4O3S2. The van der Waals surface area contributed by atoms with Gasteiger partial charge in [-0.05, 0) is 71.0 Å². The van der Waals surface area contributed by atoms with Crippen LogP contribution in [-0.2, 0) is 32.6 Å². The lowest BCUT2D eigenvalue weighted by atomic mass is 9.76. The zero-order valence-corrected chi connectivity index (χ0v) is 22.9. The third-order valence-electron chi connectivity index (χ3n) is 7.92. The molecule has 2 N–H and O–H groups in total. The summed E-state index contributed by atoms with van der Waals surface area (Å²) in [4.78, 5) is 4.97. The van der Waals surface area contributed by atoms with E-state index in [9.17, 15) is 8.42 Å². The van der Waals surface area contributed by atoms with Gasteiger partial charge in [-0.25, -0.2) is 0 Å². The molecule has 1 saturated heterocycles. The molecule has 2 aliphatic rings. The first kappa shape index (κ1) is 25.6. The fourth-order valence-electron chi connectivity index (χ4n) is 5.79. The first-order chi connectivity index (χ1) is 17.1. The summed E-state index contributed by atoms with van der Waals surface area (Å²) in [7, 11) is -3.56. The summed E-state index contributed by atoms with van der Waals surface area (Å²) in [5, 5.41) is 1.26. The molecule has 1 aliphatic heterocycles. The van der Waals surface area contributed by atoms with Crippen molar-refractivity contribution in [3.05, 3.63) is 59.2 Å². The third-order valence-corrected chi connectivity index (χ3v) is 9.33. The summed E-state index contributed by atoms with van der Waals surface area (Å²) in [5.41, 5.74) is 9.98. The molecule has 5 rings (SSSR count). The number of nitrogens with zero attached hydrogens (tertiary/aromatic N) is 3. The first-order valence-electron chi connectivity index (χ1n) is 12.7. The average Bonchev–Trinajstić information content (AvgIpc) is 3.36. The number of anilines is 1. The average molecular weight is 529 g/mol. The Bertz CT molecular complexity index is 1330. The molecule has 2 heterocycles. The molecule has 2 aromatic carbocycles. The van der Waals surface area contributed by atoms with Crippen molar-refractivity contribution in [3.8, 4) is 0 Å². The Morgan fingerprint density at radius 2 is 1.92 bits per heavy atom. The van der Waals surface area contributed by atoms with Gasteiger partial charge in [0.2, 0.25) is 0 Å². The molecule has 3 aromatic rings. The molecule has 194 valence electrons. The maximum absolute atomic E-state index is 11.5. The minimum atomic E-state index is -3.56. The van der Waals surface area contributed by atoms with Gasteiger partial charge in [0.15, 0.2) is 0 Å². The van der Waals surface area contributed by atoms with E-state index in [1.807, 2.05) is 0 Å². The van der Waals surface area contributed by atoms with E-state index in [1.54, 1.807) is 11.5 Å². The van der Waals surface area contributed by atoms with Gasteiger partial charge in [0.1, 0.15) is 12.0 Å². The van der Waals surface area contributed by atoms with Crippen molar-refractivity contribution in [2.24, 2.45) is 11.7 Å². The maximum Gasteiger partial charge on any atom is 0.265 e. The van der Waals surface area contributed by atoms with Gasteiger partial charge in [-0.1, -0.05) is 44.2 Å². The Labute approximate surface area is 218 Å². The first-order valence-corrected chi connectivity index (χ1v) is 15.3. The largest absolute Gasteiger partial charge is 0.353 e. The second-order valence-electron chi connectivity index (χ2n) is 10.8. The molecule has 0 saturated carbocycles. The van der Waals surface area contributed by atoms with E-state index in [-0.39, 0.29) is 11.3 Å². The lowest BCUT2D eigenvalue weighted by molar-refractivity contribution is 0.161. The molecule has 1 aliphatic carbocycles. The number of hydrogen-bond acceptors (Lipinski definition) is 8. The van der Waals surface area contributed by atoms with Crippen molar-refractivity contribution in [3.63, 3.8) is 0 Å². The van der Waals surface area contributed by atoms with Gasteiger partial charge >= 0.3 is 0 Å². The fraction of sp³-hybridized carbons (Fsp3) is 0.519. The maximum atomic E-state index is 11.5. The van der Waals surface area contributed by atoms with Crippen molar-refractivity contribution in [2.45, 2.75) is 44.8 Å². The Balaban J connectivity index is 1.17. The predicted octanol–water partition coefficient (Wildman–Crippen LogP) is 3.76. The van der Waals surface area contributed by atoms with Gasteiger partial charge in [0.25, 0.3) is 10.1 Å². The zero-order valence-electron chi connectivity index (χ0n) is 21.3. The van der Waals surface area contributed by atoms with Crippen LogP contribution in [0.25, 0.3) is 10.1 Å². The zero-order chi connectivity index (χ0) is 25.5. The highest BCUT2D eigenvalue weighted by Crippen LogP contribution is 2.45. The highest BCUT2D eigenvalue weighted by molar-refractivity contribution is 7.86. The van der Waals surface area contributed by atoms with E-state index >= 15 is 0 Å². The number of aromatic nitrogens is 1. The van der Waals surface area contributed by atoms with Gasteiger partial charge < -0.3 is 10.6 Å². The van der Waals surface area contributed by atoms with Crippen LogP contribution in [0.4, 0.5) is 5.82 Å². The summed E-state index contributed by atoms with van der Waals surface area (Å²) in [5.74, 6) is 1.38. The van der Waals surface area contributed by atoms with E-state index in [4.69, 9.17) is 14.3 Å². The fourth-order valence-corrected chi connectivity index (χ4v) is 7.11. The van der Waals surface area contributed by atoms with Crippen LogP contribution in [0.15, 0.2) is 42.5 Å². The lowest BCUT2D eigenvalue weighted by Gasteiger charge is -2.35. The van der Waals surface area contributed by atoms with E-state index in [0.29, 0.717) is 6.42 Å². The second kappa shape index (κ2) is 10.0.